The van der Waals surface area contributed by atoms with Crippen LogP contribution in [0, 0.1) is 0 Å². The van der Waals surface area contributed by atoms with E-state index in [2.05, 4.69) is 0 Å². The molecule has 0 aliphatic heterocycles. The predicted molar refractivity (Wildman–Crippen MR) is 48.3 cm³/mol. The maximum absolute atomic E-state index is 10.6. The summed E-state index contributed by atoms with van der Waals surface area (Å²) in [4.78, 5) is 10.9. The molecule has 1 heterocycles. The highest BCUT2D eigenvalue weighted by Crippen LogP contribution is 2.46. The molecule has 0 atom stereocenters. The van der Waals surface area contributed by atoms with E-state index in [1.165, 1.54) is 11.3 Å². The molecule has 1 aromatic heterocycles. The molecular formula is C8H7ClO2S. The Kier molecular flexibility index (Phi) is 1.85. The first-order valence-electron chi connectivity index (χ1n) is 3.70. The van der Waals surface area contributed by atoms with E-state index in [1.807, 2.05) is 5.38 Å². The van der Waals surface area contributed by atoms with Crippen molar-refractivity contribution in [3.05, 3.63) is 20.8 Å². The lowest BCUT2D eigenvalue weighted by Crippen LogP contribution is -1.92. The standard InChI is InChI=1S/C8H7ClO2S/c9-6-5(4-1-2-4)3-12-7(6)8(10)11/h3-4H,1-2H2,(H,10,11). The van der Waals surface area contributed by atoms with Gasteiger partial charge in [-0.05, 0) is 29.7 Å². The zero-order valence-corrected chi connectivity index (χ0v) is 7.78. The Bertz CT molecular complexity index is 328. The van der Waals surface area contributed by atoms with E-state index in [4.69, 9.17) is 16.7 Å². The van der Waals surface area contributed by atoms with Crippen LogP contribution >= 0.6 is 22.9 Å². The minimum atomic E-state index is -0.920. The molecule has 12 heavy (non-hydrogen) atoms. The molecule has 0 bridgehead atoms. The molecule has 1 aliphatic carbocycles. The van der Waals surface area contributed by atoms with Gasteiger partial charge in [-0.2, -0.15) is 0 Å². The topological polar surface area (TPSA) is 37.3 Å². The monoisotopic (exact) mass is 202 g/mol. The van der Waals surface area contributed by atoms with Crippen molar-refractivity contribution in [3.63, 3.8) is 0 Å². The van der Waals surface area contributed by atoms with Crippen molar-refractivity contribution in [2.75, 3.05) is 0 Å². The number of carboxylic acids is 1. The molecule has 1 aliphatic rings. The van der Waals surface area contributed by atoms with Crippen LogP contribution in [-0.2, 0) is 0 Å². The lowest BCUT2D eigenvalue weighted by Gasteiger charge is -1.92. The fourth-order valence-electron chi connectivity index (χ4n) is 1.17. The summed E-state index contributed by atoms with van der Waals surface area (Å²) in [5, 5.41) is 11.0. The molecule has 0 spiro atoms. The van der Waals surface area contributed by atoms with Crippen LogP contribution in [0.1, 0.15) is 34.0 Å². The summed E-state index contributed by atoms with van der Waals surface area (Å²) in [6.07, 6.45) is 2.30. The average Bonchev–Trinajstić information content (AvgIpc) is 2.75. The predicted octanol–water partition coefficient (Wildman–Crippen LogP) is 2.98. The van der Waals surface area contributed by atoms with Crippen molar-refractivity contribution in [1.82, 2.24) is 0 Å². The van der Waals surface area contributed by atoms with E-state index in [0.29, 0.717) is 10.9 Å². The first kappa shape index (κ1) is 8.08. The fraction of sp³-hybridized carbons (Fsp3) is 0.375. The van der Waals surface area contributed by atoms with E-state index < -0.39 is 5.97 Å². The summed E-state index contributed by atoms with van der Waals surface area (Å²) in [7, 11) is 0. The van der Waals surface area contributed by atoms with E-state index in [-0.39, 0.29) is 4.88 Å². The molecule has 0 unspecified atom stereocenters. The third-order valence-electron chi connectivity index (χ3n) is 1.97. The van der Waals surface area contributed by atoms with Crippen LogP contribution in [-0.4, -0.2) is 11.1 Å². The van der Waals surface area contributed by atoms with Gasteiger partial charge >= 0.3 is 5.97 Å². The smallest absolute Gasteiger partial charge is 0.347 e. The SMILES string of the molecule is O=C(O)c1scc(C2CC2)c1Cl. The van der Waals surface area contributed by atoms with Gasteiger partial charge in [-0.3, -0.25) is 0 Å². The van der Waals surface area contributed by atoms with Crippen LogP contribution in [0.4, 0.5) is 0 Å². The third-order valence-corrected chi connectivity index (χ3v) is 3.47. The normalized spacial score (nSPS) is 16.4. The van der Waals surface area contributed by atoms with Crippen LogP contribution in [0.5, 0.6) is 0 Å². The Hall–Kier alpha value is -0.540. The van der Waals surface area contributed by atoms with Crippen LogP contribution in [0.15, 0.2) is 5.38 Å². The molecule has 4 heteroatoms. The van der Waals surface area contributed by atoms with Crippen molar-refractivity contribution in [3.8, 4) is 0 Å². The number of thiophene rings is 1. The van der Waals surface area contributed by atoms with Crippen molar-refractivity contribution in [1.29, 1.82) is 0 Å². The molecule has 1 saturated carbocycles. The minimum Gasteiger partial charge on any atom is -0.477 e. The fourth-order valence-corrected chi connectivity index (χ4v) is 2.54. The number of carbonyl (C=O) groups is 1. The second-order valence-corrected chi connectivity index (χ2v) is 4.17. The Balaban J connectivity index is 2.39. The van der Waals surface area contributed by atoms with Gasteiger partial charge in [0.05, 0.1) is 5.02 Å². The molecule has 0 saturated heterocycles. The third kappa shape index (κ3) is 1.23. The Labute approximate surface area is 78.8 Å². The van der Waals surface area contributed by atoms with Crippen molar-refractivity contribution in [2.24, 2.45) is 0 Å². The van der Waals surface area contributed by atoms with Gasteiger partial charge in [-0.15, -0.1) is 11.3 Å². The lowest BCUT2D eigenvalue weighted by molar-refractivity contribution is 0.0702. The highest BCUT2D eigenvalue weighted by atomic mass is 35.5. The van der Waals surface area contributed by atoms with E-state index in [0.717, 1.165) is 18.4 Å². The number of hydrogen-bond donors (Lipinski definition) is 1. The molecule has 2 nitrogen and oxygen atoms in total. The molecule has 64 valence electrons. The summed E-state index contributed by atoms with van der Waals surface area (Å²) in [5.74, 6) is -0.390. The van der Waals surface area contributed by atoms with Gasteiger partial charge in [0.25, 0.3) is 0 Å². The first-order chi connectivity index (χ1) is 5.70. The number of halogens is 1. The molecule has 1 fully saturated rings. The first-order valence-corrected chi connectivity index (χ1v) is 4.96. The summed E-state index contributed by atoms with van der Waals surface area (Å²) in [5.41, 5.74) is 1.03. The number of rotatable bonds is 2. The van der Waals surface area contributed by atoms with Crippen molar-refractivity contribution in [2.45, 2.75) is 18.8 Å². The number of aromatic carboxylic acids is 1. The number of hydrogen-bond acceptors (Lipinski definition) is 2. The summed E-state index contributed by atoms with van der Waals surface area (Å²) in [6.45, 7) is 0. The summed E-state index contributed by atoms with van der Waals surface area (Å²) < 4.78 is 0. The van der Waals surface area contributed by atoms with Gasteiger partial charge in [0.15, 0.2) is 0 Å². The van der Waals surface area contributed by atoms with Gasteiger partial charge in [0.2, 0.25) is 0 Å². The van der Waals surface area contributed by atoms with Gasteiger partial charge < -0.3 is 5.11 Å². The van der Waals surface area contributed by atoms with Crippen molar-refractivity contribution >= 4 is 28.9 Å². The van der Waals surface area contributed by atoms with Gasteiger partial charge in [0, 0.05) is 0 Å². The molecule has 2 rings (SSSR count). The molecule has 0 amide bonds. The second-order valence-electron chi connectivity index (χ2n) is 2.91. The molecule has 0 radical (unpaired) electrons. The Morgan fingerprint density at radius 3 is 2.75 bits per heavy atom. The van der Waals surface area contributed by atoms with Crippen molar-refractivity contribution < 1.29 is 9.90 Å². The Morgan fingerprint density at radius 1 is 1.67 bits per heavy atom. The van der Waals surface area contributed by atoms with Gasteiger partial charge in [0.1, 0.15) is 4.88 Å². The molecular weight excluding hydrogens is 196 g/mol. The minimum absolute atomic E-state index is 0.276. The average molecular weight is 203 g/mol. The second kappa shape index (κ2) is 2.75. The lowest BCUT2D eigenvalue weighted by atomic mass is 10.2. The van der Waals surface area contributed by atoms with Gasteiger partial charge in [-0.1, -0.05) is 11.6 Å². The van der Waals surface area contributed by atoms with Crippen LogP contribution < -0.4 is 0 Å². The zero-order valence-electron chi connectivity index (χ0n) is 6.21. The Morgan fingerprint density at radius 2 is 2.33 bits per heavy atom. The van der Waals surface area contributed by atoms with Crippen LogP contribution in [0.2, 0.25) is 5.02 Å². The number of carboxylic acid groups (broad SMARTS) is 1. The van der Waals surface area contributed by atoms with E-state index in [1.54, 1.807) is 0 Å². The quantitative estimate of drug-likeness (QED) is 0.801. The highest BCUT2D eigenvalue weighted by molar-refractivity contribution is 7.12. The largest absolute Gasteiger partial charge is 0.477 e. The summed E-state index contributed by atoms with van der Waals surface area (Å²) >= 11 is 7.11. The maximum atomic E-state index is 10.6. The van der Waals surface area contributed by atoms with Gasteiger partial charge in [-0.25, -0.2) is 4.79 Å². The maximum Gasteiger partial charge on any atom is 0.347 e. The van der Waals surface area contributed by atoms with E-state index >= 15 is 0 Å². The zero-order chi connectivity index (χ0) is 8.72. The van der Waals surface area contributed by atoms with E-state index in [9.17, 15) is 4.79 Å². The van der Waals surface area contributed by atoms with Crippen LogP contribution in [0.25, 0.3) is 0 Å². The van der Waals surface area contributed by atoms with Crippen LogP contribution in [0.3, 0.4) is 0 Å². The molecule has 1 N–H and O–H groups in total. The highest BCUT2D eigenvalue weighted by Gasteiger charge is 2.29. The molecule has 1 aromatic rings. The molecule has 0 aromatic carbocycles. The summed E-state index contributed by atoms with van der Waals surface area (Å²) in [6, 6.07) is 0.